The molecule has 5 nitrogen and oxygen atoms in total. The van der Waals surface area contributed by atoms with Crippen LogP contribution in [-0.2, 0) is 14.3 Å². The molecule has 0 bridgehead atoms. The van der Waals surface area contributed by atoms with Gasteiger partial charge in [-0.3, -0.25) is 9.59 Å². The largest absolute Gasteiger partial charge is 0.481 e. The average molecular weight is 229 g/mol. The number of carboxylic acids is 1. The molecular formula is C11H19NO4. The second-order valence-corrected chi connectivity index (χ2v) is 4.53. The number of rotatable bonds is 5. The van der Waals surface area contributed by atoms with Crippen LogP contribution in [0.25, 0.3) is 0 Å². The smallest absolute Gasteiger partial charge is 0.305 e. The fourth-order valence-electron chi connectivity index (χ4n) is 1.73. The Morgan fingerprint density at radius 1 is 1.56 bits per heavy atom. The van der Waals surface area contributed by atoms with Crippen molar-refractivity contribution in [2.45, 2.75) is 38.6 Å². The highest BCUT2D eigenvalue weighted by Gasteiger charge is 2.31. The summed E-state index contributed by atoms with van der Waals surface area (Å²) in [5, 5.41) is 11.6. The van der Waals surface area contributed by atoms with Crippen LogP contribution in [0.4, 0.5) is 0 Å². The van der Waals surface area contributed by atoms with E-state index in [0.29, 0.717) is 19.6 Å². The predicted octanol–water partition coefficient (Wildman–Crippen LogP) is 0.782. The van der Waals surface area contributed by atoms with Crippen LogP contribution in [-0.4, -0.2) is 35.7 Å². The minimum atomic E-state index is -0.896. The van der Waals surface area contributed by atoms with Gasteiger partial charge in [-0.15, -0.1) is 0 Å². The zero-order valence-electron chi connectivity index (χ0n) is 9.78. The maximum atomic E-state index is 11.8. The Morgan fingerprint density at radius 3 is 2.69 bits per heavy atom. The molecule has 0 aliphatic carbocycles. The van der Waals surface area contributed by atoms with Gasteiger partial charge >= 0.3 is 5.97 Å². The van der Waals surface area contributed by atoms with Crippen molar-refractivity contribution in [1.29, 1.82) is 0 Å². The summed E-state index contributed by atoms with van der Waals surface area (Å²) in [6.45, 7) is 4.68. The van der Waals surface area contributed by atoms with Gasteiger partial charge in [0.2, 0.25) is 5.91 Å². The van der Waals surface area contributed by atoms with Crippen LogP contribution < -0.4 is 5.32 Å². The van der Waals surface area contributed by atoms with Crippen LogP contribution in [0.3, 0.4) is 0 Å². The van der Waals surface area contributed by atoms with Crippen LogP contribution in [0.2, 0.25) is 0 Å². The molecule has 92 valence electrons. The number of hydrogen-bond acceptors (Lipinski definition) is 3. The monoisotopic (exact) mass is 229 g/mol. The lowest BCUT2D eigenvalue weighted by atomic mass is 9.93. The van der Waals surface area contributed by atoms with E-state index in [1.807, 2.05) is 6.92 Å². The van der Waals surface area contributed by atoms with Gasteiger partial charge in [0.15, 0.2) is 0 Å². The van der Waals surface area contributed by atoms with E-state index < -0.39 is 11.5 Å². The Morgan fingerprint density at radius 2 is 2.25 bits per heavy atom. The fourth-order valence-corrected chi connectivity index (χ4v) is 1.73. The fraction of sp³-hybridized carbons (Fsp3) is 0.818. The molecule has 0 spiro atoms. The van der Waals surface area contributed by atoms with Gasteiger partial charge in [-0.1, -0.05) is 6.92 Å². The molecule has 0 aromatic heterocycles. The summed E-state index contributed by atoms with van der Waals surface area (Å²) < 4.78 is 5.13. The van der Waals surface area contributed by atoms with E-state index in [1.54, 1.807) is 6.92 Å². The first kappa shape index (κ1) is 13.0. The number of amides is 1. The first-order valence-corrected chi connectivity index (χ1v) is 5.58. The molecule has 1 heterocycles. The molecule has 0 radical (unpaired) electrons. The third-order valence-electron chi connectivity index (χ3n) is 3.05. The van der Waals surface area contributed by atoms with Crippen molar-refractivity contribution in [3.63, 3.8) is 0 Å². The summed E-state index contributed by atoms with van der Waals surface area (Å²) in [7, 11) is 0. The predicted molar refractivity (Wildman–Crippen MR) is 58.0 cm³/mol. The lowest BCUT2D eigenvalue weighted by Crippen LogP contribution is -2.49. The molecule has 1 aliphatic heterocycles. The Labute approximate surface area is 95.2 Å². The molecule has 1 rings (SSSR count). The van der Waals surface area contributed by atoms with Crippen LogP contribution in [0.5, 0.6) is 0 Å². The molecule has 5 heteroatoms. The first-order chi connectivity index (χ1) is 7.47. The van der Waals surface area contributed by atoms with Crippen LogP contribution >= 0.6 is 0 Å². The van der Waals surface area contributed by atoms with Crippen LogP contribution in [0.15, 0.2) is 0 Å². The molecule has 1 amide bonds. The molecule has 0 aromatic carbocycles. The minimum Gasteiger partial charge on any atom is -0.481 e. The third-order valence-corrected chi connectivity index (χ3v) is 3.05. The Kier molecular flexibility index (Phi) is 4.29. The van der Waals surface area contributed by atoms with E-state index in [4.69, 9.17) is 9.84 Å². The summed E-state index contributed by atoms with van der Waals surface area (Å²) in [6, 6.07) is 0. The van der Waals surface area contributed by atoms with Crippen LogP contribution in [0.1, 0.15) is 33.1 Å². The Hall–Kier alpha value is -1.10. The van der Waals surface area contributed by atoms with Crippen molar-refractivity contribution in [3.05, 3.63) is 0 Å². The molecule has 2 unspecified atom stereocenters. The number of ether oxygens (including phenoxy) is 1. The molecule has 1 saturated heterocycles. The molecule has 1 aliphatic rings. The molecule has 2 atom stereocenters. The number of aliphatic carboxylic acids is 1. The standard InChI is InChI=1S/C11H19NO4/c1-3-11(2,6-9(13)14)12-10(15)8-4-5-16-7-8/h8H,3-7H2,1-2H3,(H,12,15)(H,13,14). The van der Waals surface area contributed by atoms with Crippen LogP contribution in [0, 0.1) is 5.92 Å². The maximum Gasteiger partial charge on any atom is 0.305 e. The zero-order chi connectivity index (χ0) is 12.2. The van der Waals surface area contributed by atoms with E-state index in [0.717, 1.165) is 6.42 Å². The van der Waals surface area contributed by atoms with E-state index in [1.165, 1.54) is 0 Å². The Balaban J connectivity index is 2.54. The summed E-state index contributed by atoms with van der Waals surface area (Å²) in [4.78, 5) is 22.5. The summed E-state index contributed by atoms with van der Waals surface area (Å²) in [5.74, 6) is -1.12. The van der Waals surface area contributed by atoms with Crippen molar-refractivity contribution in [2.75, 3.05) is 13.2 Å². The van der Waals surface area contributed by atoms with Gasteiger partial charge in [0.25, 0.3) is 0 Å². The first-order valence-electron chi connectivity index (χ1n) is 5.58. The maximum absolute atomic E-state index is 11.8. The zero-order valence-corrected chi connectivity index (χ0v) is 9.78. The van der Waals surface area contributed by atoms with Crippen molar-refractivity contribution >= 4 is 11.9 Å². The average Bonchev–Trinajstić information content (AvgIpc) is 2.69. The summed E-state index contributed by atoms with van der Waals surface area (Å²) >= 11 is 0. The lowest BCUT2D eigenvalue weighted by Gasteiger charge is -2.29. The third kappa shape index (κ3) is 3.48. The number of hydrogen-bond donors (Lipinski definition) is 2. The summed E-state index contributed by atoms with van der Waals surface area (Å²) in [5.41, 5.74) is -0.661. The molecule has 1 fully saturated rings. The highest BCUT2D eigenvalue weighted by atomic mass is 16.5. The van der Waals surface area contributed by atoms with E-state index in [9.17, 15) is 9.59 Å². The van der Waals surface area contributed by atoms with E-state index >= 15 is 0 Å². The Bertz CT molecular complexity index is 273. The van der Waals surface area contributed by atoms with Gasteiger partial charge in [-0.2, -0.15) is 0 Å². The van der Waals surface area contributed by atoms with Crippen molar-refractivity contribution in [1.82, 2.24) is 5.32 Å². The van der Waals surface area contributed by atoms with E-state index in [-0.39, 0.29) is 18.2 Å². The topological polar surface area (TPSA) is 75.6 Å². The molecule has 2 N–H and O–H groups in total. The number of carbonyl (C=O) groups excluding carboxylic acids is 1. The van der Waals surface area contributed by atoms with E-state index in [2.05, 4.69) is 5.32 Å². The van der Waals surface area contributed by atoms with Crippen molar-refractivity contribution < 1.29 is 19.4 Å². The van der Waals surface area contributed by atoms with Gasteiger partial charge < -0.3 is 15.2 Å². The number of carboxylic acid groups (broad SMARTS) is 1. The molecule has 0 aromatic rings. The normalized spacial score (nSPS) is 23.8. The number of nitrogens with one attached hydrogen (secondary N) is 1. The molecular weight excluding hydrogens is 210 g/mol. The highest BCUT2D eigenvalue weighted by Crippen LogP contribution is 2.18. The second kappa shape index (κ2) is 5.30. The second-order valence-electron chi connectivity index (χ2n) is 4.53. The SMILES string of the molecule is CCC(C)(CC(=O)O)NC(=O)C1CCOC1. The number of carbonyl (C=O) groups is 2. The quantitative estimate of drug-likeness (QED) is 0.730. The van der Waals surface area contributed by atoms with Gasteiger partial charge in [0, 0.05) is 12.1 Å². The van der Waals surface area contributed by atoms with Gasteiger partial charge in [0.05, 0.1) is 18.9 Å². The van der Waals surface area contributed by atoms with Gasteiger partial charge in [0.1, 0.15) is 0 Å². The van der Waals surface area contributed by atoms with Crippen molar-refractivity contribution in [2.24, 2.45) is 5.92 Å². The minimum absolute atomic E-state index is 0.0528. The lowest BCUT2D eigenvalue weighted by molar-refractivity contribution is -0.139. The summed E-state index contributed by atoms with van der Waals surface area (Å²) in [6.07, 6.45) is 1.26. The van der Waals surface area contributed by atoms with Gasteiger partial charge in [-0.05, 0) is 19.8 Å². The van der Waals surface area contributed by atoms with Crippen molar-refractivity contribution in [3.8, 4) is 0 Å². The highest BCUT2D eigenvalue weighted by molar-refractivity contribution is 5.80. The van der Waals surface area contributed by atoms with Gasteiger partial charge in [-0.25, -0.2) is 0 Å². The molecule has 0 saturated carbocycles. The molecule has 16 heavy (non-hydrogen) atoms.